The highest BCUT2D eigenvalue weighted by Gasteiger charge is 2.12. The maximum absolute atomic E-state index is 6.14. The first kappa shape index (κ1) is 12.7. The zero-order chi connectivity index (χ0) is 12.6. The fourth-order valence-corrected chi connectivity index (χ4v) is 2.21. The molecule has 0 bridgehead atoms. The van der Waals surface area contributed by atoms with E-state index in [1.165, 1.54) is 0 Å². The summed E-state index contributed by atoms with van der Waals surface area (Å²) in [4.78, 5) is 0. The number of halogens is 3. The number of nitrogens with zero attached hydrogens (tertiary/aromatic N) is 2. The topological polar surface area (TPSA) is 17.8 Å². The average Bonchev–Trinajstić information content (AvgIpc) is 2.61. The van der Waals surface area contributed by atoms with Gasteiger partial charge < -0.3 is 0 Å². The van der Waals surface area contributed by atoms with Crippen molar-refractivity contribution in [3.05, 3.63) is 45.2 Å². The molecule has 0 N–H and O–H groups in total. The van der Waals surface area contributed by atoms with Gasteiger partial charge in [0, 0.05) is 5.02 Å². The lowest BCUT2D eigenvalue weighted by molar-refractivity contribution is 0.769. The normalized spacial score (nSPS) is 11.2. The third kappa shape index (κ3) is 2.59. The Morgan fingerprint density at radius 3 is 2.35 bits per heavy atom. The smallest absolute Gasteiger partial charge is 0.133 e. The molecular formula is C12H11Cl3N2. The minimum atomic E-state index is 0.319. The third-order valence-electron chi connectivity index (χ3n) is 2.41. The number of benzene rings is 1. The third-order valence-corrected chi connectivity index (χ3v) is 3.22. The highest BCUT2D eigenvalue weighted by atomic mass is 35.5. The summed E-state index contributed by atoms with van der Waals surface area (Å²) in [5, 5.41) is 6.08. The highest BCUT2D eigenvalue weighted by Crippen LogP contribution is 2.28. The van der Waals surface area contributed by atoms with Crippen molar-refractivity contribution in [2.45, 2.75) is 19.8 Å². The zero-order valence-electron chi connectivity index (χ0n) is 9.42. The van der Waals surface area contributed by atoms with Gasteiger partial charge in [0.05, 0.1) is 16.4 Å². The van der Waals surface area contributed by atoms with E-state index in [1.54, 1.807) is 22.9 Å². The number of rotatable bonds is 2. The molecule has 0 radical (unpaired) electrons. The summed E-state index contributed by atoms with van der Waals surface area (Å²) in [6.45, 7) is 4.12. The number of hydrogen-bond acceptors (Lipinski definition) is 1. The number of aromatic nitrogens is 2. The molecule has 2 aromatic rings. The Balaban J connectivity index is 2.52. The molecule has 0 amide bonds. The van der Waals surface area contributed by atoms with E-state index in [9.17, 15) is 0 Å². The van der Waals surface area contributed by atoms with E-state index >= 15 is 0 Å². The predicted octanol–water partition coefficient (Wildman–Crippen LogP) is 4.96. The molecule has 2 rings (SSSR count). The van der Waals surface area contributed by atoms with Crippen molar-refractivity contribution in [3.8, 4) is 5.69 Å². The van der Waals surface area contributed by atoms with Crippen molar-refractivity contribution >= 4 is 34.8 Å². The van der Waals surface area contributed by atoms with Crippen LogP contribution in [0.1, 0.15) is 25.5 Å². The Kier molecular flexibility index (Phi) is 3.67. The first-order valence-corrected chi connectivity index (χ1v) is 6.33. The van der Waals surface area contributed by atoms with Gasteiger partial charge in [-0.15, -0.1) is 0 Å². The molecule has 0 spiro atoms. The molecule has 2 nitrogen and oxygen atoms in total. The van der Waals surface area contributed by atoms with Crippen molar-refractivity contribution in [3.63, 3.8) is 0 Å². The Morgan fingerprint density at radius 2 is 1.82 bits per heavy atom. The summed E-state index contributed by atoms with van der Waals surface area (Å²) < 4.78 is 1.62. The fourth-order valence-electron chi connectivity index (χ4n) is 1.48. The largest absolute Gasteiger partial charge is 0.220 e. The second kappa shape index (κ2) is 4.89. The van der Waals surface area contributed by atoms with Gasteiger partial charge in [0.25, 0.3) is 0 Å². The van der Waals surface area contributed by atoms with Crippen molar-refractivity contribution in [2.24, 2.45) is 0 Å². The second-order valence-electron chi connectivity index (χ2n) is 4.05. The SMILES string of the molecule is CC(C)c1cc(Cl)n(-c2ccc(Cl)cc2Cl)n1. The van der Waals surface area contributed by atoms with Gasteiger partial charge >= 0.3 is 0 Å². The average molecular weight is 290 g/mol. The van der Waals surface area contributed by atoms with Crippen LogP contribution in [0.15, 0.2) is 24.3 Å². The first-order valence-electron chi connectivity index (χ1n) is 5.20. The lowest BCUT2D eigenvalue weighted by Crippen LogP contribution is -1.99. The fraction of sp³-hybridized carbons (Fsp3) is 0.250. The van der Waals surface area contributed by atoms with Crippen LogP contribution >= 0.6 is 34.8 Å². The Bertz CT molecular complexity index is 547. The highest BCUT2D eigenvalue weighted by molar-refractivity contribution is 6.36. The van der Waals surface area contributed by atoms with Crippen LogP contribution in [0.5, 0.6) is 0 Å². The molecule has 0 fully saturated rings. The van der Waals surface area contributed by atoms with Crippen molar-refractivity contribution < 1.29 is 0 Å². The minimum Gasteiger partial charge on any atom is -0.220 e. The lowest BCUT2D eigenvalue weighted by Gasteiger charge is -2.06. The van der Waals surface area contributed by atoms with Crippen LogP contribution in [0.25, 0.3) is 5.69 Å². The molecule has 17 heavy (non-hydrogen) atoms. The monoisotopic (exact) mass is 288 g/mol. The van der Waals surface area contributed by atoms with Gasteiger partial charge in [-0.1, -0.05) is 48.7 Å². The predicted molar refractivity (Wildman–Crippen MR) is 72.7 cm³/mol. The Hall–Kier alpha value is -0.700. The van der Waals surface area contributed by atoms with E-state index in [0.717, 1.165) is 11.4 Å². The molecule has 0 aliphatic carbocycles. The van der Waals surface area contributed by atoms with Crippen LogP contribution in [0.3, 0.4) is 0 Å². The molecule has 0 unspecified atom stereocenters. The minimum absolute atomic E-state index is 0.319. The summed E-state index contributed by atoms with van der Waals surface area (Å²) in [6, 6.07) is 7.08. The summed E-state index contributed by atoms with van der Waals surface area (Å²) in [5.74, 6) is 0.319. The van der Waals surface area contributed by atoms with Crippen LogP contribution in [0.2, 0.25) is 15.2 Å². The van der Waals surface area contributed by atoms with Crippen LogP contribution in [0, 0.1) is 0 Å². The molecule has 90 valence electrons. The van der Waals surface area contributed by atoms with Crippen molar-refractivity contribution in [1.29, 1.82) is 0 Å². The lowest BCUT2D eigenvalue weighted by atomic mass is 10.1. The van der Waals surface area contributed by atoms with Crippen molar-refractivity contribution in [2.75, 3.05) is 0 Å². The molecule has 1 aromatic carbocycles. The van der Waals surface area contributed by atoms with E-state index in [0.29, 0.717) is 21.1 Å². The Morgan fingerprint density at radius 1 is 1.12 bits per heavy atom. The van der Waals surface area contributed by atoms with Gasteiger partial charge in [0.15, 0.2) is 0 Å². The molecule has 5 heteroatoms. The van der Waals surface area contributed by atoms with Gasteiger partial charge in [-0.2, -0.15) is 5.10 Å². The molecular weight excluding hydrogens is 279 g/mol. The standard InChI is InChI=1S/C12H11Cl3N2/c1-7(2)10-6-12(15)17(16-10)11-4-3-8(13)5-9(11)14/h3-7H,1-2H3. The summed E-state index contributed by atoms with van der Waals surface area (Å²) in [6.07, 6.45) is 0. The number of hydrogen-bond donors (Lipinski definition) is 0. The van der Waals surface area contributed by atoms with Crippen LogP contribution in [-0.4, -0.2) is 9.78 Å². The summed E-state index contributed by atoms with van der Waals surface area (Å²) in [5.41, 5.74) is 1.66. The van der Waals surface area contributed by atoms with Crippen molar-refractivity contribution in [1.82, 2.24) is 9.78 Å². The van der Waals surface area contributed by atoms with Gasteiger partial charge in [-0.3, -0.25) is 0 Å². The quantitative estimate of drug-likeness (QED) is 0.764. The van der Waals surface area contributed by atoms with E-state index in [-0.39, 0.29) is 0 Å². The molecule has 0 aliphatic heterocycles. The molecule has 0 atom stereocenters. The van der Waals surface area contributed by atoms with Crippen LogP contribution < -0.4 is 0 Å². The summed E-state index contributed by atoms with van der Waals surface area (Å²) in [7, 11) is 0. The van der Waals surface area contributed by atoms with E-state index in [1.807, 2.05) is 6.07 Å². The van der Waals surface area contributed by atoms with Crippen LogP contribution in [0.4, 0.5) is 0 Å². The van der Waals surface area contributed by atoms with E-state index in [4.69, 9.17) is 34.8 Å². The van der Waals surface area contributed by atoms with Gasteiger partial charge in [0.1, 0.15) is 5.15 Å². The first-order chi connectivity index (χ1) is 7.99. The van der Waals surface area contributed by atoms with Gasteiger partial charge in [-0.25, -0.2) is 4.68 Å². The zero-order valence-corrected chi connectivity index (χ0v) is 11.7. The molecule has 1 heterocycles. The van der Waals surface area contributed by atoms with E-state index < -0.39 is 0 Å². The summed E-state index contributed by atoms with van der Waals surface area (Å²) >= 11 is 18.1. The maximum Gasteiger partial charge on any atom is 0.133 e. The molecule has 1 aromatic heterocycles. The molecule has 0 saturated heterocycles. The van der Waals surface area contributed by atoms with Gasteiger partial charge in [-0.05, 0) is 30.2 Å². The second-order valence-corrected chi connectivity index (χ2v) is 5.29. The molecule has 0 saturated carbocycles. The van der Waals surface area contributed by atoms with Crippen LogP contribution in [-0.2, 0) is 0 Å². The van der Waals surface area contributed by atoms with E-state index in [2.05, 4.69) is 18.9 Å². The molecule has 0 aliphatic rings. The van der Waals surface area contributed by atoms with Gasteiger partial charge in [0.2, 0.25) is 0 Å². The Labute approximate surface area is 115 Å². The maximum atomic E-state index is 6.14.